The van der Waals surface area contributed by atoms with Gasteiger partial charge in [-0.3, -0.25) is 0 Å². The lowest BCUT2D eigenvalue weighted by molar-refractivity contribution is 0.669. The average Bonchev–Trinajstić information content (AvgIpc) is 3.66. The summed E-state index contributed by atoms with van der Waals surface area (Å²) in [6, 6.07) is 76.5. The van der Waals surface area contributed by atoms with Crippen molar-refractivity contribution < 1.29 is 4.42 Å². The van der Waals surface area contributed by atoms with Crippen LogP contribution in [0.25, 0.3) is 87.6 Å². The van der Waals surface area contributed by atoms with E-state index in [1.54, 1.807) is 0 Å². The van der Waals surface area contributed by atoms with Gasteiger partial charge in [-0.05, 0) is 120 Å². The van der Waals surface area contributed by atoms with E-state index in [0.717, 1.165) is 39.0 Å². The van der Waals surface area contributed by atoms with Crippen molar-refractivity contribution in [1.29, 1.82) is 0 Å². The van der Waals surface area contributed by atoms with Gasteiger partial charge in [0, 0.05) is 16.8 Å². The Bertz CT molecular complexity index is 3230. The first-order chi connectivity index (χ1) is 27.7. The molecule has 262 valence electrons. The Morgan fingerprint density at radius 1 is 0.286 bits per heavy atom. The lowest BCUT2D eigenvalue weighted by Crippen LogP contribution is -2.10. The Hall–Kier alpha value is -7.42. The van der Waals surface area contributed by atoms with Crippen molar-refractivity contribution >= 4 is 71.3 Å². The highest BCUT2D eigenvalue weighted by Gasteiger charge is 2.19. The number of nitrogens with zero attached hydrogens (tertiary/aromatic N) is 1. The predicted molar refractivity (Wildman–Crippen MR) is 237 cm³/mol. The van der Waals surface area contributed by atoms with Crippen molar-refractivity contribution in [3.8, 4) is 33.4 Å². The minimum absolute atomic E-state index is 0.872. The van der Waals surface area contributed by atoms with Gasteiger partial charge in [0.1, 0.15) is 11.2 Å². The monoisotopic (exact) mass is 713 g/mol. The summed E-state index contributed by atoms with van der Waals surface area (Å²) in [5, 5.41) is 9.77. The second-order valence-corrected chi connectivity index (χ2v) is 14.5. The van der Waals surface area contributed by atoms with E-state index in [1.165, 1.54) is 65.7 Å². The maximum atomic E-state index is 6.37. The Balaban J connectivity index is 0.978. The van der Waals surface area contributed by atoms with Crippen LogP contribution in [-0.4, -0.2) is 0 Å². The molecule has 0 fully saturated rings. The number of benzene rings is 10. The van der Waals surface area contributed by atoms with Crippen LogP contribution in [-0.2, 0) is 0 Å². The van der Waals surface area contributed by atoms with Crippen LogP contribution < -0.4 is 4.90 Å². The average molecular weight is 714 g/mol. The molecule has 1 aromatic heterocycles. The summed E-state index contributed by atoms with van der Waals surface area (Å²) in [4.78, 5) is 2.36. The molecule has 0 unspecified atom stereocenters. The summed E-state index contributed by atoms with van der Waals surface area (Å²) >= 11 is 0. The number of hydrogen-bond acceptors (Lipinski definition) is 2. The zero-order valence-corrected chi connectivity index (χ0v) is 30.6. The summed E-state index contributed by atoms with van der Waals surface area (Å²) in [7, 11) is 0. The van der Waals surface area contributed by atoms with Gasteiger partial charge in [0.25, 0.3) is 0 Å². The summed E-state index contributed by atoms with van der Waals surface area (Å²) in [5.41, 5.74) is 12.1. The minimum atomic E-state index is 0.872. The quantitative estimate of drug-likeness (QED) is 0.160. The third-order valence-electron chi connectivity index (χ3n) is 11.3. The number of anilines is 3. The number of fused-ring (bicyclic) bond motifs is 7. The van der Waals surface area contributed by atoms with Crippen LogP contribution in [0.4, 0.5) is 17.1 Å². The highest BCUT2D eigenvalue weighted by Crippen LogP contribution is 2.44. The van der Waals surface area contributed by atoms with Gasteiger partial charge in [-0.25, -0.2) is 0 Å². The fraction of sp³-hybridized carbons (Fsp3) is 0. The Morgan fingerprint density at radius 3 is 1.45 bits per heavy atom. The van der Waals surface area contributed by atoms with E-state index < -0.39 is 0 Å². The van der Waals surface area contributed by atoms with Crippen LogP contribution in [0.1, 0.15) is 0 Å². The molecule has 0 saturated carbocycles. The molecule has 2 heteroatoms. The topological polar surface area (TPSA) is 16.4 Å². The lowest BCUT2D eigenvalue weighted by atomic mass is 9.97. The molecule has 0 radical (unpaired) electrons. The van der Waals surface area contributed by atoms with Crippen molar-refractivity contribution in [3.05, 3.63) is 212 Å². The van der Waals surface area contributed by atoms with Crippen molar-refractivity contribution in [2.45, 2.75) is 0 Å². The van der Waals surface area contributed by atoms with Gasteiger partial charge in [0.2, 0.25) is 0 Å². The predicted octanol–water partition coefficient (Wildman–Crippen LogP) is 15.5. The third kappa shape index (κ3) is 5.51. The third-order valence-corrected chi connectivity index (χ3v) is 11.3. The number of furan rings is 1. The van der Waals surface area contributed by atoms with Gasteiger partial charge in [-0.1, -0.05) is 158 Å². The largest absolute Gasteiger partial charge is 0.456 e. The molecule has 11 rings (SSSR count). The zero-order chi connectivity index (χ0) is 37.0. The van der Waals surface area contributed by atoms with E-state index in [9.17, 15) is 0 Å². The standard InChI is InChI=1S/C54H35NO/c1-2-10-43-34-44(24-20-36(43)8-1)39-18-16-37(17-19-39)38-26-30-46(31-27-38)55(51-13-7-15-53-54(51)49-12-5-6-14-52(49)56-53)47-32-28-40(29-33-47)45-25-23-42-22-21-41-9-3-4-11-48(41)50(42)35-45/h1-35H. The maximum absolute atomic E-state index is 6.37. The van der Waals surface area contributed by atoms with E-state index in [2.05, 4.69) is 205 Å². The molecule has 10 aromatic carbocycles. The molecule has 0 atom stereocenters. The van der Waals surface area contributed by atoms with Gasteiger partial charge in [0.05, 0.1) is 11.1 Å². The first-order valence-corrected chi connectivity index (χ1v) is 19.2. The number of hydrogen-bond donors (Lipinski definition) is 0. The van der Waals surface area contributed by atoms with E-state index in [4.69, 9.17) is 4.42 Å². The van der Waals surface area contributed by atoms with E-state index in [-0.39, 0.29) is 0 Å². The Kier molecular flexibility index (Phi) is 7.53. The van der Waals surface area contributed by atoms with Gasteiger partial charge >= 0.3 is 0 Å². The number of para-hydroxylation sites is 1. The molecule has 0 aliphatic rings. The van der Waals surface area contributed by atoms with Crippen molar-refractivity contribution in [2.24, 2.45) is 0 Å². The highest BCUT2D eigenvalue weighted by molar-refractivity contribution is 6.13. The van der Waals surface area contributed by atoms with Crippen molar-refractivity contribution in [1.82, 2.24) is 0 Å². The van der Waals surface area contributed by atoms with Crippen LogP contribution >= 0.6 is 0 Å². The molecule has 0 saturated heterocycles. The van der Waals surface area contributed by atoms with Gasteiger partial charge < -0.3 is 9.32 Å². The van der Waals surface area contributed by atoms with Gasteiger partial charge in [-0.2, -0.15) is 0 Å². The normalized spacial score (nSPS) is 11.6. The van der Waals surface area contributed by atoms with Crippen LogP contribution in [0, 0.1) is 0 Å². The molecule has 0 spiro atoms. The first-order valence-electron chi connectivity index (χ1n) is 19.2. The summed E-state index contributed by atoms with van der Waals surface area (Å²) in [6.07, 6.45) is 0. The van der Waals surface area contributed by atoms with E-state index in [1.807, 2.05) is 12.1 Å². The summed E-state index contributed by atoms with van der Waals surface area (Å²) in [6.45, 7) is 0. The molecular weight excluding hydrogens is 679 g/mol. The van der Waals surface area contributed by atoms with E-state index >= 15 is 0 Å². The van der Waals surface area contributed by atoms with Gasteiger partial charge in [-0.15, -0.1) is 0 Å². The van der Waals surface area contributed by atoms with Crippen LogP contribution in [0.15, 0.2) is 217 Å². The van der Waals surface area contributed by atoms with Crippen LogP contribution in [0.2, 0.25) is 0 Å². The fourth-order valence-corrected chi connectivity index (χ4v) is 8.38. The second-order valence-electron chi connectivity index (χ2n) is 14.5. The van der Waals surface area contributed by atoms with Crippen molar-refractivity contribution in [2.75, 3.05) is 4.90 Å². The second kappa shape index (κ2) is 13.2. The van der Waals surface area contributed by atoms with Crippen LogP contribution in [0.3, 0.4) is 0 Å². The molecule has 0 aliphatic carbocycles. The molecule has 0 bridgehead atoms. The summed E-state index contributed by atoms with van der Waals surface area (Å²) in [5.74, 6) is 0. The zero-order valence-electron chi connectivity index (χ0n) is 30.6. The molecule has 1 heterocycles. The molecule has 0 N–H and O–H groups in total. The summed E-state index contributed by atoms with van der Waals surface area (Å²) < 4.78 is 6.37. The fourth-order valence-electron chi connectivity index (χ4n) is 8.38. The molecular formula is C54H35NO. The Morgan fingerprint density at radius 2 is 0.750 bits per heavy atom. The Labute approximate surface area is 325 Å². The molecule has 2 nitrogen and oxygen atoms in total. The number of rotatable bonds is 6. The maximum Gasteiger partial charge on any atom is 0.137 e. The molecule has 0 aliphatic heterocycles. The smallest absolute Gasteiger partial charge is 0.137 e. The SMILES string of the molecule is c1ccc2cc(-c3ccc(-c4ccc(N(c5ccc(-c6ccc7ccc8ccccc8c7c6)cc5)c5cccc6oc7ccccc7c56)cc4)cc3)ccc2c1. The minimum Gasteiger partial charge on any atom is -0.456 e. The lowest BCUT2D eigenvalue weighted by Gasteiger charge is -2.26. The van der Waals surface area contributed by atoms with E-state index in [0.29, 0.717) is 0 Å². The van der Waals surface area contributed by atoms with Crippen molar-refractivity contribution in [3.63, 3.8) is 0 Å². The molecule has 0 amide bonds. The molecule has 11 aromatic rings. The molecule has 56 heavy (non-hydrogen) atoms. The highest BCUT2D eigenvalue weighted by atomic mass is 16.3. The first kappa shape index (κ1) is 32.0. The van der Waals surface area contributed by atoms with Crippen LogP contribution in [0.5, 0.6) is 0 Å². The van der Waals surface area contributed by atoms with Gasteiger partial charge in [0.15, 0.2) is 0 Å².